The van der Waals surface area contributed by atoms with Crippen molar-refractivity contribution in [1.29, 1.82) is 0 Å². The van der Waals surface area contributed by atoms with Gasteiger partial charge >= 0.3 is 0 Å². The van der Waals surface area contributed by atoms with Crippen LogP contribution in [0.4, 0.5) is 5.00 Å². The molecule has 1 saturated heterocycles. The van der Waals surface area contributed by atoms with Crippen molar-refractivity contribution in [3.63, 3.8) is 0 Å². The fourth-order valence-corrected chi connectivity index (χ4v) is 6.79. The second kappa shape index (κ2) is 7.97. The van der Waals surface area contributed by atoms with E-state index >= 15 is 0 Å². The highest BCUT2D eigenvalue weighted by Gasteiger charge is 2.28. The maximum atomic E-state index is 12.7. The number of sulfonamides is 1. The zero-order valence-corrected chi connectivity index (χ0v) is 17.9. The third-order valence-electron chi connectivity index (χ3n) is 5.39. The fourth-order valence-electron chi connectivity index (χ4n) is 3.94. The van der Waals surface area contributed by atoms with Crippen molar-refractivity contribution in [3.05, 3.63) is 44.7 Å². The molecule has 2 aliphatic rings. The van der Waals surface area contributed by atoms with Crippen molar-refractivity contribution in [1.82, 2.24) is 8.87 Å². The number of aryl methyl sites for hydroxylation is 1. The average Bonchev–Trinajstić information content (AvgIpc) is 3.40. The van der Waals surface area contributed by atoms with Gasteiger partial charge in [-0.1, -0.05) is 0 Å². The summed E-state index contributed by atoms with van der Waals surface area (Å²) in [6.07, 6.45) is 5.33. The molecule has 160 valence electrons. The number of nitrogens with zero attached hydrogens (tertiary/aromatic N) is 2. The molecule has 0 radical (unpaired) electrons. The summed E-state index contributed by atoms with van der Waals surface area (Å²) in [6, 6.07) is 2.41. The van der Waals surface area contributed by atoms with Crippen molar-refractivity contribution in [2.45, 2.75) is 43.5 Å². The van der Waals surface area contributed by atoms with Crippen LogP contribution in [0.3, 0.4) is 0 Å². The first-order chi connectivity index (χ1) is 14.3. The number of anilines is 1. The zero-order chi connectivity index (χ0) is 21.5. The van der Waals surface area contributed by atoms with Crippen LogP contribution in [0.1, 0.15) is 40.1 Å². The molecule has 0 unspecified atom stereocenters. The molecule has 0 spiro atoms. The fraction of sp³-hybridized carbons (Fsp3) is 0.421. The van der Waals surface area contributed by atoms with E-state index in [4.69, 9.17) is 5.73 Å². The number of fused-ring (bicyclic) bond motifs is 1. The smallest absolute Gasteiger partial charge is 0.251 e. The molecule has 1 aliphatic heterocycles. The van der Waals surface area contributed by atoms with Gasteiger partial charge in [-0.25, -0.2) is 8.42 Å². The summed E-state index contributed by atoms with van der Waals surface area (Å²) < 4.78 is 27.9. The predicted molar refractivity (Wildman–Crippen MR) is 112 cm³/mol. The Balaban J connectivity index is 1.56. The monoisotopic (exact) mass is 450 g/mol. The van der Waals surface area contributed by atoms with Crippen molar-refractivity contribution < 1.29 is 18.0 Å². The van der Waals surface area contributed by atoms with Gasteiger partial charge in [-0.15, -0.1) is 11.3 Å². The van der Waals surface area contributed by atoms with E-state index in [1.807, 2.05) is 0 Å². The standard InChI is InChI=1S/C19H22N4O5S2/c20-18(26)17-13-4-3-5-14(13)29-19(17)21-15(24)11-22-10-12(6-7-16(22)25)30(27,28)23-8-1-2-9-23/h6-7,10H,1-5,8-9,11H2,(H2,20,26)(H,21,24). The summed E-state index contributed by atoms with van der Waals surface area (Å²) in [7, 11) is -3.71. The number of rotatable bonds is 6. The largest absolute Gasteiger partial charge is 0.365 e. The van der Waals surface area contributed by atoms with Crippen LogP contribution in [0.2, 0.25) is 0 Å². The summed E-state index contributed by atoms with van der Waals surface area (Å²) >= 11 is 1.32. The van der Waals surface area contributed by atoms with Gasteiger partial charge in [0.1, 0.15) is 11.5 Å². The molecule has 2 aromatic rings. The van der Waals surface area contributed by atoms with Gasteiger partial charge in [0.25, 0.3) is 11.5 Å². The van der Waals surface area contributed by atoms with E-state index in [9.17, 15) is 22.8 Å². The molecule has 9 nitrogen and oxygen atoms in total. The number of primary amides is 1. The van der Waals surface area contributed by atoms with Crippen LogP contribution in [0.5, 0.6) is 0 Å². The van der Waals surface area contributed by atoms with Gasteiger partial charge in [0, 0.05) is 30.2 Å². The third kappa shape index (κ3) is 3.80. The number of thiophene rings is 1. The number of carbonyl (C=O) groups is 2. The van der Waals surface area contributed by atoms with Crippen molar-refractivity contribution in [3.8, 4) is 0 Å². The minimum atomic E-state index is -3.71. The lowest BCUT2D eigenvalue weighted by Gasteiger charge is -2.16. The van der Waals surface area contributed by atoms with Gasteiger partial charge in [-0.2, -0.15) is 4.31 Å². The van der Waals surface area contributed by atoms with E-state index in [1.165, 1.54) is 27.9 Å². The molecule has 1 aliphatic carbocycles. The van der Waals surface area contributed by atoms with Crippen LogP contribution >= 0.6 is 11.3 Å². The van der Waals surface area contributed by atoms with Crippen molar-refractivity contribution in [2.24, 2.45) is 5.73 Å². The number of carbonyl (C=O) groups excluding carboxylic acids is 2. The minimum absolute atomic E-state index is 0.0234. The maximum Gasteiger partial charge on any atom is 0.251 e. The molecule has 3 N–H and O–H groups in total. The summed E-state index contributed by atoms with van der Waals surface area (Å²) in [6.45, 7) is 0.519. The molecule has 0 aromatic carbocycles. The summed E-state index contributed by atoms with van der Waals surface area (Å²) in [5.74, 6) is -1.13. The Bertz CT molecular complexity index is 1180. The Morgan fingerprint density at radius 1 is 1.13 bits per heavy atom. The number of nitrogens with two attached hydrogens (primary N) is 1. The first-order valence-corrected chi connectivity index (χ1v) is 12.0. The van der Waals surface area contributed by atoms with E-state index in [0.29, 0.717) is 23.7 Å². The number of amides is 2. The van der Waals surface area contributed by atoms with Crippen LogP contribution < -0.4 is 16.6 Å². The van der Waals surface area contributed by atoms with Crippen LogP contribution in [0, 0.1) is 0 Å². The second-order valence-electron chi connectivity index (χ2n) is 7.42. The van der Waals surface area contributed by atoms with Gasteiger partial charge < -0.3 is 15.6 Å². The Labute approximate surface area is 177 Å². The lowest BCUT2D eigenvalue weighted by Crippen LogP contribution is -2.31. The normalized spacial score (nSPS) is 16.5. The Morgan fingerprint density at radius 3 is 2.57 bits per heavy atom. The average molecular weight is 451 g/mol. The van der Waals surface area contributed by atoms with E-state index in [0.717, 1.165) is 53.2 Å². The van der Waals surface area contributed by atoms with Crippen LogP contribution in [-0.2, 0) is 34.2 Å². The van der Waals surface area contributed by atoms with Crippen LogP contribution in [0.15, 0.2) is 28.0 Å². The lowest BCUT2D eigenvalue weighted by molar-refractivity contribution is -0.116. The number of aromatic nitrogens is 1. The molecule has 1 fully saturated rings. The Hall–Kier alpha value is -2.50. The number of hydrogen-bond donors (Lipinski definition) is 2. The maximum absolute atomic E-state index is 12.7. The molecule has 0 atom stereocenters. The van der Waals surface area contributed by atoms with Crippen LogP contribution in [0.25, 0.3) is 0 Å². The van der Waals surface area contributed by atoms with E-state index in [1.54, 1.807) is 0 Å². The van der Waals surface area contributed by atoms with Gasteiger partial charge in [-0.05, 0) is 43.7 Å². The van der Waals surface area contributed by atoms with E-state index in [2.05, 4.69) is 5.32 Å². The lowest BCUT2D eigenvalue weighted by atomic mass is 10.1. The highest BCUT2D eigenvalue weighted by Crippen LogP contribution is 2.38. The Morgan fingerprint density at radius 2 is 1.87 bits per heavy atom. The van der Waals surface area contributed by atoms with E-state index in [-0.39, 0.29) is 11.4 Å². The molecule has 2 aromatic heterocycles. The van der Waals surface area contributed by atoms with Gasteiger partial charge in [0.15, 0.2) is 0 Å². The number of pyridine rings is 1. The molecule has 11 heteroatoms. The molecule has 30 heavy (non-hydrogen) atoms. The molecule has 0 bridgehead atoms. The second-order valence-corrected chi connectivity index (χ2v) is 10.5. The molecule has 3 heterocycles. The summed E-state index contributed by atoms with van der Waals surface area (Å²) in [5.41, 5.74) is 6.23. The summed E-state index contributed by atoms with van der Waals surface area (Å²) in [4.78, 5) is 37.7. The molecule has 0 saturated carbocycles. The first-order valence-electron chi connectivity index (χ1n) is 9.72. The Kier molecular flexibility index (Phi) is 5.51. The first kappa shape index (κ1) is 20.8. The summed E-state index contributed by atoms with van der Waals surface area (Å²) in [5, 5.41) is 3.05. The highest BCUT2D eigenvalue weighted by atomic mass is 32.2. The van der Waals surface area contributed by atoms with Crippen LogP contribution in [-0.4, -0.2) is 42.2 Å². The molecular formula is C19H22N4O5S2. The topological polar surface area (TPSA) is 132 Å². The molecular weight excluding hydrogens is 428 g/mol. The third-order valence-corrected chi connectivity index (χ3v) is 8.48. The van der Waals surface area contributed by atoms with Crippen molar-refractivity contribution >= 4 is 38.2 Å². The number of hydrogen-bond acceptors (Lipinski definition) is 6. The van der Waals surface area contributed by atoms with Crippen molar-refractivity contribution in [2.75, 3.05) is 18.4 Å². The SMILES string of the molecule is NC(=O)c1c(NC(=O)Cn2cc(S(=O)(=O)N3CCCC3)ccc2=O)sc2c1CCC2. The van der Waals surface area contributed by atoms with E-state index < -0.39 is 27.4 Å². The quantitative estimate of drug-likeness (QED) is 0.676. The minimum Gasteiger partial charge on any atom is -0.365 e. The zero-order valence-electron chi connectivity index (χ0n) is 16.2. The van der Waals surface area contributed by atoms with Gasteiger partial charge in [-0.3, -0.25) is 14.4 Å². The van der Waals surface area contributed by atoms with Gasteiger partial charge in [0.2, 0.25) is 15.9 Å². The number of nitrogens with one attached hydrogen (secondary N) is 1. The molecule has 4 rings (SSSR count). The highest BCUT2D eigenvalue weighted by molar-refractivity contribution is 7.89. The van der Waals surface area contributed by atoms with Gasteiger partial charge in [0.05, 0.1) is 10.5 Å². The molecule has 2 amide bonds. The predicted octanol–water partition coefficient (Wildman–Crippen LogP) is 0.921.